The van der Waals surface area contributed by atoms with Gasteiger partial charge in [-0.1, -0.05) is 121 Å². The van der Waals surface area contributed by atoms with E-state index in [9.17, 15) is 9.90 Å². The Hall–Kier alpha value is -3.30. The molecule has 172 valence electrons. The fraction of sp³-hybridized carbons (Fsp3) is 0.194. The number of hydrogen-bond acceptors (Lipinski definition) is 2. The molecule has 0 heterocycles. The number of carbonyl (C=O) groups is 1. The van der Waals surface area contributed by atoms with Crippen LogP contribution >= 0.6 is 11.8 Å². The average molecular weight is 467 g/mol. The summed E-state index contributed by atoms with van der Waals surface area (Å²) in [4.78, 5) is 12.0. The molecule has 2 nitrogen and oxygen atoms in total. The van der Waals surface area contributed by atoms with E-state index < -0.39 is 5.97 Å². The van der Waals surface area contributed by atoms with Crippen molar-refractivity contribution in [1.29, 1.82) is 0 Å². The van der Waals surface area contributed by atoms with Gasteiger partial charge in [0.2, 0.25) is 0 Å². The van der Waals surface area contributed by atoms with Gasteiger partial charge in [0.25, 0.3) is 0 Å². The number of hydrogen-bond donors (Lipinski definition) is 1. The maximum atomic E-state index is 12.0. The van der Waals surface area contributed by atoms with Crippen LogP contribution in [0.2, 0.25) is 0 Å². The second-order valence-electron chi connectivity index (χ2n) is 8.49. The van der Waals surface area contributed by atoms with Gasteiger partial charge in [0.1, 0.15) is 0 Å². The first kappa shape index (κ1) is 23.8. The van der Waals surface area contributed by atoms with Crippen molar-refractivity contribution in [2.24, 2.45) is 5.92 Å². The molecule has 1 unspecified atom stereocenters. The summed E-state index contributed by atoms with van der Waals surface area (Å²) in [7, 11) is 0. The van der Waals surface area contributed by atoms with Gasteiger partial charge in [-0.2, -0.15) is 0 Å². The highest BCUT2D eigenvalue weighted by Gasteiger charge is 2.36. The highest BCUT2D eigenvalue weighted by atomic mass is 32.2. The van der Waals surface area contributed by atoms with Gasteiger partial charge in [0.05, 0.1) is 10.7 Å². The summed E-state index contributed by atoms with van der Waals surface area (Å²) >= 11 is 1.90. The Morgan fingerprint density at radius 1 is 0.676 bits per heavy atom. The van der Waals surface area contributed by atoms with Crippen LogP contribution in [0.3, 0.4) is 0 Å². The van der Waals surface area contributed by atoms with Gasteiger partial charge in [-0.25, -0.2) is 0 Å². The molecule has 4 aromatic rings. The Morgan fingerprint density at radius 2 is 1.09 bits per heavy atom. The zero-order chi connectivity index (χ0) is 23.6. The normalized spacial score (nSPS) is 12.2. The summed E-state index contributed by atoms with van der Waals surface area (Å²) in [5, 5.41) is 9.82. The van der Waals surface area contributed by atoms with Crippen LogP contribution in [-0.2, 0) is 16.0 Å². The predicted octanol–water partition coefficient (Wildman–Crippen LogP) is 7.44. The zero-order valence-electron chi connectivity index (χ0n) is 19.2. The third-order valence-electron chi connectivity index (χ3n) is 6.23. The number of benzene rings is 4. The Bertz CT molecular complexity index is 1050. The molecule has 0 aliphatic heterocycles. The molecule has 0 fully saturated rings. The van der Waals surface area contributed by atoms with Gasteiger partial charge in [-0.15, -0.1) is 11.8 Å². The van der Waals surface area contributed by atoms with Crippen molar-refractivity contribution >= 4 is 17.7 Å². The molecule has 0 aliphatic carbocycles. The number of aliphatic carboxylic acids is 1. The molecule has 4 aromatic carbocycles. The van der Waals surface area contributed by atoms with Gasteiger partial charge >= 0.3 is 5.97 Å². The molecule has 3 heteroatoms. The molecule has 0 radical (unpaired) electrons. The van der Waals surface area contributed by atoms with Gasteiger partial charge < -0.3 is 5.11 Å². The first-order chi connectivity index (χ1) is 16.7. The Balaban J connectivity index is 1.58. The quantitative estimate of drug-likeness (QED) is 0.184. The highest BCUT2D eigenvalue weighted by Crippen LogP contribution is 2.48. The Kier molecular flexibility index (Phi) is 8.21. The van der Waals surface area contributed by atoms with Crippen LogP contribution in [0.5, 0.6) is 0 Å². The van der Waals surface area contributed by atoms with E-state index in [1.807, 2.05) is 42.1 Å². The van der Waals surface area contributed by atoms with Gasteiger partial charge in [-0.05, 0) is 47.3 Å². The van der Waals surface area contributed by atoms with Gasteiger partial charge in [-0.3, -0.25) is 4.79 Å². The fourth-order valence-corrected chi connectivity index (χ4v) is 6.06. The number of carboxylic acids is 1. The van der Waals surface area contributed by atoms with Crippen molar-refractivity contribution in [2.75, 3.05) is 5.75 Å². The third kappa shape index (κ3) is 5.60. The van der Waals surface area contributed by atoms with Crippen LogP contribution < -0.4 is 0 Å². The maximum Gasteiger partial charge on any atom is 0.306 e. The second kappa shape index (κ2) is 11.7. The summed E-state index contributed by atoms with van der Waals surface area (Å²) in [5.41, 5.74) is 4.78. The molecular formula is C31H30O2S. The summed E-state index contributed by atoms with van der Waals surface area (Å²) in [6, 6.07) is 41.8. The number of carboxylic acid groups (broad SMARTS) is 1. The zero-order valence-corrected chi connectivity index (χ0v) is 20.0. The van der Waals surface area contributed by atoms with Crippen molar-refractivity contribution in [3.05, 3.63) is 144 Å². The molecule has 34 heavy (non-hydrogen) atoms. The first-order valence-corrected chi connectivity index (χ1v) is 12.8. The van der Waals surface area contributed by atoms with E-state index in [0.29, 0.717) is 12.8 Å². The van der Waals surface area contributed by atoms with Crippen LogP contribution in [0.25, 0.3) is 0 Å². The molecule has 0 saturated carbocycles. The second-order valence-corrected chi connectivity index (χ2v) is 9.80. The summed E-state index contributed by atoms with van der Waals surface area (Å²) in [6.07, 6.45) is 2.07. The van der Waals surface area contributed by atoms with Crippen LogP contribution in [0.4, 0.5) is 0 Å². The van der Waals surface area contributed by atoms with Crippen molar-refractivity contribution in [3.63, 3.8) is 0 Å². The minimum Gasteiger partial charge on any atom is -0.481 e. The number of rotatable bonds is 11. The van der Waals surface area contributed by atoms with Crippen molar-refractivity contribution in [3.8, 4) is 0 Å². The van der Waals surface area contributed by atoms with E-state index in [-0.39, 0.29) is 10.7 Å². The van der Waals surface area contributed by atoms with E-state index in [0.717, 1.165) is 17.7 Å². The van der Waals surface area contributed by atoms with E-state index >= 15 is 0 Å². The fourth-order valence-electron chi connectivity index (χ4n) is 4.54. The van der Waals surface area contributed by atoms with E-state index in [2.05, 4.69) is 91.0 Å². The minimum atomic E-state index is -0.714. The molecule has 0 bridgehead atoms. The summed E-state index contributed by atoms with van der Waals surface area (Å²) in [6.45, 7) is 0. The molecule has 0 spiro atoms. The maximum absolute atomic E-state index is 12.0. The van der Waals surface area contributed by atoms with Crippen LogP contribution in [-0.4, -0.2) is 16.8 Å². The monoisotopic (exact) mass is 466 g/mol. The van der Waals surface area contributed by atoms with E-state index in [1.165, 1.54) is 16.7 Å². The third-order valence-corrected chi connectivity index (χ3v) is 7.86. The lowest BCUT2D eigenvalue weighted by Crippen LogP contribution is -2.26. The lowest BCUT2D eigenvalue weighted by atomic mass is 9.84. The molecule has 1 atom stereocenters. The molecule has 0 saturated heterocycles. The lowest BCUT2D eigenvalue weighted by Gasteiger charge is -2.35. The first-order valence-electron chi connectivity index (χ1n) is 11.8. The van der Waals surface area contributed by atoms with Crippen LogP contribution in [0.15, 0.2) is 121 Å². The Labute approximate surface area is 206 Å². The van der Waals surface area contributed by atoms with Crippen molar-refractivity contribution < 1.29 is 9.90 Å². The standard InChI is InChI=1S/C31H30O2S/c32-30(33)26(24-25-14-5-1-6-15-25)16-13-23-34-31(27-17-7-2-8-18-27,28-19-9-3-10-20-28)29-21-11-4-12-22-29/h1-12,14-15,17-22,26H,13,16,23-24H2,(H,32,33). The molecule has 0 amide bonds. The molecule has 0 aliphatic rings. The van der Waals surface area contributed by atoms with Gasteiger partial charge in [0, 0.05) is 0 Å². The summed E-state index contributed by atoms with van der Waals surface area (Å²) < 4.78 is -0.359. The number of thioether (sulfide) groups is 1. The smallest absolute Gasteiger partial charge is 0.306 e. The molecular weight excluding hydrogens is 436 g/mol. The summed E-state index contributed by atoms with van der Waals surface area (Å²) in [5.74, 6) is -0.228. The predicted molar refractivity (Wildman–Crippen MR) is 142 cm³/mol. The Morgan fingerprint density at radius 3 is 1.50 bits per heavy atom. The van der Waals surface area contributed by atoms with Crippen LogP contribution in [0, 0.1) is 5.92 Å². The average Bonchev–Trinajstić information content (AvgIpc) is 2.90. The topological polar surface area (TPSA) is 37.3 Å². The van der Waals surface area contributed by atoms with Crippen molar-refractivity contribution in [2.45, 2.75) is 24.0 Å². The highest BCUT2D eigenvalue weighted by molar-refractivity contribution is 8.00. The SMILES string of the molecule is O=C(O)C(CCCSC(c1ccccc1)(c1ccccc1)c1ccccc1)Cc1ccccc1. The van der Waals surface area contributed by atoms with E-state index in [1.54, 1.807) is 0 Å². The largest absolute Gasteiger partial charge is 0.481 e. The van der Waals surface area contributed by atoms with Crippen LogP contribution in [0.1, 0.15) is 35.1 Å². The molecule has 1 N–H and O–H groups in total. The minimum absolute atomic E-state index is 0.359. The molecule has 0 aromatic heterocycles. The van der Waals surface area contributed by atoms with Crippen molar-refractivity contribution in [1.82, 2.24) is 0 Å². The van der Waals surface area contributed by atoms with E-state index in [4.69, 9.17) is 0 Å². The molecule has 4 rings (SSSR count). The van der Waals surface area contributed by atoms with Gasteiger partial charge in [0.15, 0.2) is 0 Å². The lowest BCUT2D eigenvalue weighted by molar-refractivity contribution is -0.141.